The highest BCUT2D eigenvalue weighted by atomic mass is 16.4. The molecule has 7 nitrogen and oxygen atoms in total. The number of oxime groups is 1. The van der Waals surface area contributed by atoms with E-state index in [1.54, 1.807) is 41.3 Å². The Morgan fingerprint density at radius 3 is 2.76 bits per heavy atom. The summed E-state index contributed by atoms with van der Waals surface area (Å²) in [6.45, 7) is 4.00. The minimum atomic E-state index is -0.286. The van der Waals surface area contributed by atoms with Crippen LogP contribution in [0.3, 0.4) is 0 Å². The van der Waals surface area contributed by atoms with Gasteiger partial charge in [-0.2, -0.15) is 5.10 Å². The molecule has 0 fully saturated rings. The highest BCUT2D eigenvalue weighted by molar-refractivity contribution is 6.06. The van der Waals surface area contributed by atoms with Crippen molar-refractivity contribution in [3.8, 4) is 0 Å². The van der Waals surface area contributed by atoms with E-state index in [2.05, 4.69) is 15.6 Å². The molecule has 4 N–H and O–H groups in total. The first kappa shape index (κ1) is 14.6. The molecule has 1 aromatic heterocycles. The molecule has 1 aromatic carbocycles. The van der Waals surface area contributed by atoms with Crippen molar-refractivity contribution in [2.75, 3.05) is 5.32 Å². The number of hydrogen-bond donors (Lipinski definition) is 3. The van der Waals surface area contributed by atoms with Crippen LogP contribution in [0.5, 0.6) is 0 Å². The van der Waals surface area contributed by atoms with Crippen LogP contribution in [-0.4, -0.2) is 26.7 Å². The van der Waals surface area contributed by atoms with Crippen LogP contribution in [0, 0.1) is 0 Å². The van der Waals surface area contributed by atoms with Crippen molar-refractivity contribution < 1.29 is 10.0 Å². The first-order valence-corrected chi connectivity index (χ1v) is 6.44. The number of nitrogens with two attached hydrogens (primary N) is 1. The number of anilines is 1. The molecule has 0 aliphatic carbocycles. The van der Waals surface area contributed by atoms with Crippen molar-refractivity contribution in [1.29, 1.82) is 0 Å². The van der Waals surface area contributed by atoms with Crippen molar-refractivity contribution in [2.24, 2.45) is 10.9 Å². The molecule has 0 unspecified atom stereocenters. The number of benzene rings is 1. The maximum Gasteiger partial charge on any atom is 0.255 e. The number of rotatable bonds is 4. The molecule has 1 heterocycles. The molecule has 0 saturated heterocycles. The van der Waals surface area contributed by atoms with Gasteiger partial charge in [0.1, 0.15) is 0 Å². The Bertz CT molecular complexity index is 676. The normalized spacial score (nSPS) is 11.7. The van der Waals surface area contributed by atoms with Crippen LogP contribution in [0.25, 0.3) is 0 Å². The van der Waals surface area contributed by atoms with Gasteiger partial charge in [-0.15, -0.1) is 0 Å². The van der Waals surface area contributed by atoms with Gasteiger partial charge in [-0.25, -0.2) is 0 Å². The van der Waals surface area contributed by atoms with E-state index >= 15 is 0 Å². The van der Waals surface area contributed by atoms with E-state index in [1.807, 2.05) is 13.8 Å². The van der Waals surface area contributed by atoms with Gasteiger partial charge in [0.05, 0.1) is 11.9 Å². The zero-order chi connectivity index (χ0) is 15.4. The number of amides is 1. The van der Waals surface area contributed by atoms with E-state index in [4.69, 9.17) is 10.9 Å². The van der Waals surface area contributed by atoms with E-state index in [0.29, 0.717) is 16.8 Å². The number of carbonyl (C=O) groups is 1. The fraction of sp³-hybridized carbons (Fsp3) is 0.214. The lowest BCUT2D eigenvalue weighted by molar-refractivity contribution is 0.102. The standard InChI is InChI=1S/C14H17N5O2/c1-9(2)19-8-12(7-16-19)17-14(20)11-5-3-4-10(6-11)13(15)18-21/h3-9,21H,1-2H3,(H2,15,18)(H,17,20). The van der Waals surface area contributed by atoms with Crippen molar-refractivity contribution in [2.45, 2.75) is 19.9 Å². The van der Waals surface area contributed by atoms with Crippen LogP contribution in [0.2, 0.25) is 0 Å². The predicted octanol–water partition coefficient (Wildman–Crippen LogP) is 1.81. The second-order valence-electron chi connectivity index (χ2n) is 4.82. The summed E-state index contributed by atoms with van der Waals surface area (Å²) in [5.41, 5.74) is 7.01. The molecule has 110 valence electrons. The third kappa shape index (κ3) is 3.38. The van der Waals surface area contributed by atoms with Gasteiger partial charge >= 0.3 is 0 Å². The monoisotopic (exact) mass is 287 g/mol. The molecule has 21 heavy (non-hydrogen) atoms. The van der Waals surface area contributed by atoms with Crippen LogP contribution >= 0.6 is 0 Å². The van der Waals surface area contributed by atoms with Gasteiger partial charge in [-0.1, -0.05) is 17.3 Å². The van der Waals surface area contributed by atoms with Crippen LogP contribution in [0.1, 0.15) is 35.8 Å². The highest BCUT2D eigenvalue weighted by Crippen LogP contribution is 2.12. The lowest BCUT2D eigenvalue weighted by atomic mass is 10.1. The molecular formula is C14H17N5O2. The summed E-state index contributed by atoms with van der Waals surface area (Å²) in [4.78, 5) is 12.2. The Morgan fingerprint density at radius 1 is 1.43 bits per heavy atom. The summed E-state index contributed by atoms with van der Waals surface area (Å²) in [6.07, 6.45) is 3.35. The SMILES string of the molecule is CC(C)n1cc(NC(=O)c2cccc(C(N)=NO)c2)cn1. The lowest BCUT2D eigenvalue weighted by Gasteiger charge is -2.05. The number of hydrogen-bond acceptors (Lipinski definition) is 4. The number of carbonyl (C=O) groups excluding carboxylic acids is 1. The summed E-state index contributed by atoms with van der Waals surface area (Å²) >= 11 is 0. The minimum absolute atomic E-state index is 0.0442. The molecule has 7 heteroatoms. The molecule has 0 aliphatic rings. The number of nitrogens with zero attached hydrogens (tertiary/aromatic N) is 3. The van der Waals surface area contributed by atoms with E-state index < -0.39 is 0 Å². The van der Waals surface area contributed by atoms with E-state index in [1.165, 1.54) is 0 Å². The van der Waals surface area contributed by atoms with Crippen LogP contribution in [-0.2, 0) is 0 Å². The van der Waals surface area contributed by atoms with E-state index in [0.717, 1.165) is 0 Å². The maximum atomic E-state index is 12.2. The Labute approximate surface area is 122 Å². The van der Waals surface area contributed by atoms with Crippen LogP contribution in [0.15, 0.2) is 41.8 Å². The predicted molar refractivity (Wildman–Crippen MR) is 79.5 cm³/mol. The summed E-state index contributed by atoms with van der Waals surface area (Å²) in [5, 5.41) is 18.5. The summed E-state index contributed by atoms with van der Waals surface area (Å²) in [5.74, 6) is -0.330. The smallest absolute Gasteiger partial charge is 0.255 e. The van der Waals surface area contributed by atoms with Gasteiger partial charge in [0.15, 0.2) is 5.84 Å². The summed E-state index contributed by atoms with van der Waals surface area (Å²) in [7, 11) is 0. The maximum absolute atomic E-state index is 12.2. The van der Waals surface area contributed by atoms with Crippen LogP contribution < -0.4 is 11.1 Å². The zero-order valence-electron chi connectivity index (χ0n) is 11.8. The average Bonchev–Trinajstić information content (AvgIpc) is 2.95. The number of nitrogens with one attached hydrogen (secondary N) is 1. The molecule has 0 bridgehead atoms. The van der Waals surface area contributed by atoms with Gasteiger partial charge < -0.3 is 16.3 Å². The minimum Gasteiger partial charge on any atom is -0.409 e. The van der Waals surface area contributed by atoms with Gasteiger partial charge in [-0.05, 0) is 26.0 Å². The third-order valence-electron chi connectivity index (χ3n) is 2.92. The van der Waals surface area contributed by atoms with Gasteiger partial charge in [-0.3, -0.25) is 9.48 Å². The van der Waals surface area contributed by atoms with Crippen molar-refractivity contribution in [3.05, 3.63) is 47.8 Å². The van der Waals surface area contributed by atoms with Crippen molar-refractivity contribution in [1.82, 2.24) is 9.78 Å². The summed E-state index contributed by atoms with van der Waals surface area (Å²) < 4.78 is 1.75. The van der Waals surface area contributed by atoms with Gasteiger partial charge in [0.2, 0.25) is 0 Å². The number of aromatic nitrogens is 2. The zero-order valence-corrected chi connectivity index (χ0v) is 11.8. The first-order chi connectivity index (χ1) is 10.0. The molecule has 0 radical (unpaired) electrons. The molecule has 1 amide bonds. The Kier molecular flexibility index (Phi) is 4.22. The largest absolute Gasteiger partial charge is 0.409 e. The molecule has 0 spiro atoms. The van der Waals surface area contributed by atoms with Crippen molar-refractivity contribution >= 4 is 17.4 Å². The summed E-state index contributed by atoms with van der Waals surface area (Å²) in [6, 6.07) is 6.75. The molecular weight excluding hydrogens is 270 g/mol. The van der Waals surface area contributed by atoms with Gasteiger partial charge in [0.25, 0.3) is 5.91 Å². The van der Waals surface area contributed by atoms with Gasteiger partial charge in [0, 0.05) is 23.4 Å². The molecule has 2 aromatic rings. The fourth-order valence-electron chi connectivity index (χ4n) is 1.77. The molecule has 2 rings (SSSR count). The van der Waals surface area contributed by atoms with E-state index in [-0.39, 0.29) is 17.8 Å². The second-order valence-corrected chi connectivity index (χ2v) is 4.82. The van der Waals surface area contributed by atoms with Crippen molar-refractivity contribution in [3.63, 3.8) is 0 Å². The third-order valence-corrected chi connectivity index (χ3v) is 2.92. The number of amidine groups is 1. The van der Waals surface area contributed by atoms with Crippen LogP contribution in [0.4, 0.5) is 5.69 Å². The molecule has 0 saturated carbocycles. The van der Waals surface area contributed by atoms with E-state index in [9.17, 15) is 4.79 Å². The lowest BCUT2D eigenvalue weighted by Crippen LogP contribution is -2.16. The first-order valence-electron chi connectivity index (χ1n) is 6.44. The highest BCUT2D eigenvalue weighted by Gasteiger charge is 2.10. The second kappa shape index (κ2) is 6.08. The quantitative estimate of drug-likeness (QED) is 0.345. The Balaban J connectivity index is 2.16. The molecule has 0 atom stereocenters. The Hall–Kier alpha value is -2.83. The Morgan fingerprint density at radius 2 is 2.14 bits per heavy atom. The molecule has 0 aliphatic heterocycles. The topological polar surface area (TPSA) is 106 Å². The fourth-order valence-corrected chi connectivity index (χ4v) is 1.77. The average molecular weight is 287 g/mol.